The van der Waals surface area contributed by atoms with Crippen molar-refractivity contribution in [3.63, 3.8) is 0 Å². The Morgan fingerprint density at radius 3 is 2.58 bits per heavy atom. The molecule has 0 spiro atoms. The van der Waals surface area contributed by atoms with Crippen LogP contribution in [0.5, 0.6) is 0 Å². The minimum atomic E-state index is -3.88. The lowest BCUT2D eigenvalue weighted by molar-refractivity contribution is -0.0699. The minimum absolute atomic E-state index is 0.107. The van der Waals surface area contributed by atoms with Crippen LogP contribution in [0.1, 0.15) is 32.8 Å². The summed E-state index contributed by atoms with van der Waals surface area (Å²) in [4.78, 5) is 14.1. The molecule has 0 N–H and O–H groups in total. The van der Waals surface area contributed by atoms with E-state index in [1.807, 2.05) is 27.7 Å². The molecule has 2 aliphatic heterocycles. The second-order valence-corrected chi connectivity index (χ2v) is 9.60. The SMILES string of the molecule is Cc1ccc(S(=O)(=O)OC[C@@]23C[C@@H](CO2)N(C(=O)OC(C)(C)C)C3)cc1. The molecule has 2 bridgehead atoms. The Labute approximate surface area is 154 Å². The summed E-state index contributed by atoms with van der Waals surface area (Å²) in [6.07, 6.45) is 0.129. The monoisotopic (exact) mass is 383 g/mol. The smallest absolute Gasteiger partial charge is 0.410 e. The third-order valence-electron chi connectivity index (χ3n) is 4.50. The standard InChI is InChI=1S/C18H25NO6S/c1-13-5-7-15(8-6-13)26(21,22)24-12-18-9-14(10-23-18)19(11-18)16(20)25-17(2,3)4/h5-8,14H,9-12H2,1-4H3/t14-,18-/m0/s1. The predicted molar refractivity (Wildman–Crippen MR) is 94.3 cm³/mol. The fourth-order valence-corrected chi connectivity index (χ4v) is 4.18. The Kier molecular flexibility index (Phi) is 4.79. The van der Waals surface area contributed by atoms with Crippen LogP contribution < -0.4 is 0 Å². The zero-order valence-electron chi connectivity index (χ0n) is 15.5. The van der Waals surface area contributed by atoms with Crippen molar-refractivity contribution in [1.82, 2.24) is 4.90 Å². The summed E-state index contributed by atoms with van der Waals surface area (Å²) in [7, 11) is -3.88. The van der Waals surface area contributed by atoms with Crippen molar-refractivity contribution >= 4 is 16.2 Å². The third kappa shape index (κ3) is 4.02. The van der Waals surface area contributed by atoms with Crippen LogP contribution in [0, 0.1) is 6.92 Å². The lowest BCUT2D eigenvalue weighted by atomic mass is 10.1. The first-order valence-corrected chi connectivity index (χ1v) is 10.0. The summed E-state index contributed by atoms with van der Waals surface area (Å²) in [5.41, 5.74) is -0.425. The maximum Gasteiger partial charge on any atom is 0.410 e. The van der Waals surface area contributed by atoms with Crippen molar-refractivity contribution in [3.8, 4) is 0 Å². The molecule has 0 radical (unpaired) electrons. The molecule has 2 aliphatic rings. The number of likely N-dealkylation sites (tertiary alicyclic amines) is 1. The van der Waals surface area contributed by atoms with Crippen LogP contribution >= 0.6 is 0 Å². The van der Waals surface area contributed by atoms with Crippen molar-refractivity contribution < 1.29 is 26.9 Å². The van der Waals surface area contributed by atoms with Crippen LogP contribution in [0.4, 0.5) is 4.79 Å². The average molecular weight is 383 g/mol. The second kappa shape index (κ2) is 6.51. The van der Waals surface area contributed by atoms with Gasteiger partial charge in [-0.2, -0.15) is 8.42 Å². The number of aryl methyl sites for hydroxylation is 1. The van der Waals surface area contributed by atoms with E-state index in [4.69, 9.17) is 13.7 Å². The zero-order valence-corrected chi connectivity index (χ0v) is 16.3. The summed E-state index contributed by atoms with van der Waals surface area (Å²) in [5.74, 6) is 0. The fourth-order valence-electron chi connectivity index (χ4n) is 3.21. The van der Waals surface area contributed by atoms with Gasteiger partial charge in [-0.15, -0.1) is 0 Å². The Balaban J connectivity index is 1.65. The van der Waals surface area contributed by atoms with E-state index in [1.54, 1.807) is 17.0 Å². The molecule has 26 heavy (non-hydrogen) atoms. The lowest BCUT2D eigenvalue weighted by Crippen LogP contribution is -2.49. The topological polar surface area (TPSA) is 82.1 Å². The second-order valence-electron chi connectivity index (χ2n) is 7.99. The molecule has 3 rings (SSSR count). The quantitative estimate of drug-likeness (QED) is 0.743. The number of hydrogen-bond donors (Lipinski definition) is 0. The van der Waals surface area contributed by atoms with Crippen LogP contribution in [-0.4, -0.2) is 56.4 Å². The van der Waals surface area contributed by atoms with Crippen molar-refractivity contribution in [2.75, 3.05) is 19.8 Å². The van der Waals surface area contributed by atoms with Crippen molar-refractivity contribution in [2.24, 2.45) is 0 Å². The van der Waals surface area contributed by atoms with Crippen molar-refractivity contribution in [3.05, 3.63) is 29.8 Å². The van der Waals surface area contributed by atoms with E-state index in [9.17, 15) is 13.2 Å². The van der Waals surface area contributed by atoms with Gasteiger partial charge in [0.2, 0.25) is 0 Å². The highest BCUT2D eigenvalue weighted by atomic mass is 32.2. The molecule has 0 unspecified atom stereocenters. The summed E-state index contributed by atoms with van der Waals surface area (Å²) < 4.78 is 41.2. The summed E-state index contributed by atoms with van der Waals surface area (Å²) >= 11 is 0. The molecule has 0 aromatic heterocycles. The van der Waals surface area contributed by atoms with E-state index < -0.39 is 27.4 Å². The number of carbonyl (C=O) groups is 1. The molecule has 8 heteroatoms. The first-order valence-electron chi connectivity index (χ1n) is 8.59. The first kappa shape index (κ1) is 19.1. The van der Waals surface area contributed by atoms with Gasteiger partial charge in [0.25, 0.3) is 10.1 Å². The van der Waals surface area contributed by atoms with Gasteiger partial charge in [-0.1, -0.05) is 17.7 Å². The summed E-state index contributed by atoms with van der Waals surface area (Å²) in [5, 5.41) is 0. The molecular weight excluding hydrogens is 358 g/mol. The highest BCUT2D eigenvalue weighted by Gasteiger charge is 2.54. The highest BCUT2D eigenvalue weighted by Crippen LogP contribution is 2.39. The fraction of sp³-hybridized carbons (Fsp3) is 0.611. The van der Waals surface area contributed by atoms with Gasteiger partial charge in [-0.25, -0.2) is 4.79 Å². The maximum atomic E-state index is 12.4. The van der Waals surface area contributed by atoms with Crippen LogP contribution in [0.2, 0.25) is 0 Å². The van der Waals surface area contributed by atoms with Crippen molar-refractivity contribution in [2.45, 2.75) is 56.3 Å². The molecule has 0 aliphatic carbocycles. The molecule has 0 saturated carbocycles. The third-order valence-corrected chi connectivity index (χ3v) is 5.78. The molecule has 1 aromatic carbocycles. The van der Waals surface area contributed by atoms with Gasteiger partial charge in [0.15, 0.2) is 0 Å². The largest absolute Gasteiger partial charge is 0.444 e. The number of nitrogens with zero attached hydrogens (tertiary/aromatic N) is 1. The normalized spacial score (nSPS) is 25.5. The van der Waals surface area contributed by atoms with Gasteiger partial charge in [-0.05, 0) is 39.8 Å². The number of hydrogen-bond acceptors (Lipinski definition) is 6. The summed E-state index contributed by atoms with van der Waals surface area (Å²) in [6.45, 7) is 7.79. The molecule has 1 aromatic rings. The van der Waals surface area contributed by atoms with Crippen LogP contribution in [0.15, 0.2) is 29.2 Å². The van der Waals surface area contributed by atoms with Crippen molar-refractivity contribution in [1.29, 1.82) is 0 Å². The summed E-state index contributed by atoms with van der Waals surface area (Å²) in [6, 6.07) is 6.35. The van der Waals surface area contributed by atoms with E-state index in [0.717, 1.165) is 5.56 Å². The van der Waals surface area contributed by atoms with Gasteiger partial charge in [-0.3, -0.25) is 9.08 Å². The lowest BCUT2D eigenvalue weighted by Gasteiger charge is -2.33. The number of benzene rings is 1. The Bertz CT molecular complexity index is 783. The highest BCUT2D eigenvalue weighted by molar-refractivity contribution is 7.86. The molecule has 2 heterocycles. The molecule has 144 valence electrons. The van der Waals surface area contributed by atoms with Gasteiger partial charge in [0, 0.05) is 6.42 Å². The number of amides is 1. The minimum Gasteiger partial charge on any atom is -0.444 e. The number of morpholine rings is 1. The van der Waals surface area contributed by atoms with Crippen LogP contribution in [-0.2, 0) is 23.8 Å². The van der Waals surface area contributed by atoms with E-state index in [1.165, 1.54) is 12.1 Å². The number of carbonyl (C=O) groups excluding carboxylic acids is 1. The molecule has 7 nitrogen and oxygen atoms in total. The van der Waals surface area contributed by atoms with Gasteiger partial charge >= 0.3 is 6.09 Å². The molecule has 2 fully saturated rings. The molecule has 2 atom stereocenters. The maximum absolute atomic E-state index is 12.4. The molecule has 1 amide bonds. The van der Waals surface area contributed by atoms with E-state index >= 15 is 0 Å². The zero-order chi connectivity index (χ0) is 19.2. The Morgan fingerprint density at radius 2 is 1.96 bits per heavy atom. The molecular formula is C18H25NO6S. The van der Waals surface area contributed by atoms with E-state index in [2.05, 4.69) is 0 Å². The van der Waals surface area contributed by atoms with Gasteiger partial charge < -0.3 is 9.47 Å². The van der Waals surface area contributed by atoms with Gasteiger partial charge in [0.1, 0.15) is 11.2 Å². The number of rotatable bonds is 4. The first-order chi connectivity index (χ1) is 12.0. The van der Waals surface area contributed by atoms with Gasteiger partial charge in [0.05, 0.1) is 30.7 Å². The number of fused-ring (bicyclic) bond motifs is 2. The van der Waals surface area contributed by atoms with Crippen LogP contribution in [0.25, 0.3) is 0 Å². The van der Waals surface area contributed by atoms with E-state index in [0.29, 0.717) is 13.0 Å². The Hall–Kier alpha value is -1.64. The van der Waals surface area contributed by atoms with Crippen LogP contribution in [0.3, 0.4) is 0 Å². The predicted octanol–water partition coefficient (Wildman–Crippen LogP) is 2.48. The average Bonchev–Trinajstić information content (AvgIpc) is 3.11. The van der Waals surface area contributed by atoms with E-state index in [-0.39, 0.29) is 24.1 Å². The Morgan fingerprint density at radius 1 is 1.31 bits per heavy atom. The number of ether oxygens (including phenoxy) is 2. The molecule has 2 saturated heterocycles.